The monoisotopic (exact) mass is 355 g/mol. The Morgan fingerprint density at radius 3 is 2.36 bits per heavy atom. The van der Waals surface area contributed by atoms with Crippen molar-refractivity contribution in [2.75, 3.05) is 11.9 Å². The molecule has 0 amide bonds. The van der Waals surface area contributed by atoms with Gasteiger partial charge < -0.3 is 5.32 Å². The number of para-hydroxylation sites is 1. The summed E-state index contributed by atoms with van der Waals surface area (Å²) in [7, 11) is 1.82. The summed E-state index contributed by atoms with van der Waals surface area (Å²) >= 11 is 5.84. The predicted octanol–water partition coefficient (Wildman–Crippen LogP) is 3.43. The van der Waals surface area contributed by atoms with Gasteiger partial charge >= 0.3 is 0 Å². The van der Waals surface area contributed by atoms with Gasteiger partial charge in [0.25, 0.3) is 5.56 Å². The average molecular weight is 356 g/mol. The third kappa shape index (κ3) is 3.37. The standard InChI is InChI=1S/C19H18ClN3O2/c1-13-18(21-12-17(24)14-8-10-15(20)11-9-14)19(25)23(22(13)2)16-6-4-3-5-7-16/h3-11,21H,12H2,1-2H3. The van der Waals surface area contributed by atoms with Crippen LogP contribution in [0.1, 0.15) is 16.1 Å². The lowest BCUT2D eigenvalue weighted by Gasteiger charge is -2.07. The molecular formula is C19H18ClN3O2. The Bertz CT molecular complexity index is 957. The molecular weight excluding hydrogens is 338 g/mol. The molecule has 0 spiro atoms. The number of aromatic nitrogens is 2. The van der Waals surface area contributed by atoms with Gasteiger partial charge in [-0.05, 0) is 43.3 Å². The Morgan fingerprint density at radius 1 is 1.08 bits per heavy atom. The molecule has 6 heteroatoms. The zero-order chi connectivity index (χ0) is 18.0. The van der Waals surface area contributed by atoms with E-state index in [9.17, 15) is 9.59 Å². The van der Waals surface area contributed by atoms with Crippen LogP contribution in [-0.4, -0.2) is 21.7 Å². The summed E-state index contributed by atoms with van der Waals surface area (Å²) in [6.07, 6.45) is 0. The fourth-order valence-corrected chi connectivity index (χ4v) is 2.80. The second-order valence-corrected chi connectivity index (χ2v) is 6.16. The Balaban J connectivity index is 1.85. The maximum atomic E-state index is 12.8. The molecule has 0 aliphatic carbocycles. The molecule has 0 bridgehead atoms. The van der Waals surface area contributed by atoms with Crippen LogP contribution in [0.25, 0.3) is 5.69 Å². The minimum atomic E-state index is -0.185. The minimum absolute atomic E-state index is 0.0382. The van der Waals surface area contributed by atoms with Crippen molar-refractivity contribution in [3.05, 3.63) is 81.2 Å². The van der Waals surface area contributed by atoms with E-state index in [4.69, 9.17) is 11.6 Å². The summed E-state index contributed by atoms with van der Waals surface area (Å²) < 4.78 is 3.34. The lowest BCUT2D eigenvalue weighted by molar-refractivity contribution is 0.101. The second-order valence-electron chi connectivity index (χ2n) is 5.72. The number of anilines is 1. The fraction of sp³-hybridized carbons (Fsp3) is 0.158. The molecule has 0 aliphatic rings. The van der Waals surface area contributed by atoms with E-state index >= 15 is 0 Å². The largest absolute Gasteiger partial charge is 0.372 e. The van der Waals surface area contributed by atoms with Crippen molar-refractivity contribution in [1.82, 2.24) is 9.36 Å². The Labute approximate surface area is 150 Å². The molecule has 1 aromatic heterocycles. The first kappa shape index (κ1) is 17.0. The molecule has 0 saturated heterocycles. The first-order chi connectivity index (χ1) is 12.0. The topological polar surface area (TPSA) is 56.0 Å². The Morgan fingerprint density at radius 2 is 1.72 bits per heavy atom. The van der Waals surface area contributed by atoms with Gasteiger partial charge in [-0.2, -0.15) is 0 Å². The van der Waals surface area contributed by atoms with Crippen molar-refractivity contribution in [3.63, 3.8) is 0 Å². The second kappa shape index (κ2) is 6.99. The molecule has 0 fully saturated rings. The number of carbonyl (C=O) groups is 1. The number of halogens is 1. The Kier molecular flexibility index (Phi) is 4.76. The molecule has 0 aliphatic heterocycles. The summed E-state index contributed by atoms with van der Waals surface area (Å²) in [5.41, 5.74) is 2.32. The van der Waals surface area contributed by atoms with Crippen LogP contribution in [0.2, 0.25) is 5.02 Å². The highest BCUT2D eigenvalue weighted by atomic mass is 35.5. The van der Waals surface area contributed by atoms with Crippen LogP contribution in [0.4, 0.5) is 5.69 Å². The molecule has 25 heavy (non-hydrogen) atoms. The number of hydrogen-bond donors (Lipinski definition) is 1. The van der Waals surface area contributed by atoms with Gasteiger partial charge in [-0.3, -0.25) is 14.3 Å². The number of carbonyl (C=O) groups excluding carboxylic acids is 1. The molecule has 2 aromatic carbocycles. The van der Waals surface area contributed by atoms with Gasteiger partial charge in [0.15, 0.2) is 5.78 Å². The summed E-state index contributed by atoms with van der Waals surface area (Å²) in [5.74, 6) is -0.106. The van der Waals surface area contributed by atoms with E-state index in [1.165, 1.54) is 0 Å². The van der Waals surface area contributed by atoms with Crippen LogP contribution in [-0.2, 0) is 7.05 Å². The van der Waals surface area contributed by atoms with Crippen molar-refractivity contribution in [3.8, 4) is 5.69 Å². The maximum absolute atomic E-state index is 12.8. The molecule has 0 radical (unpaired) electrons. The highest BCUT2D eigenvalue weighted by Gasteiger charge is 2.16. The normalized spacial score (nSPS) is 10.7. The summed E-state index contributed by atoms with van der Waals surface area (Å²) in [4.78, 5) is 25.0. The van der Waals surface area contributed by atoms with Gasteiger partial charge in [0.05, 0.1) is 17.9 Å². The molecule has 3 aromatic rings. The molecule has 128 valence electrons. The highest BCUT2D eigenvalue weighted by molar-refractivity contribution is 6.30. The lowest BCUT2D eigenvalue weighted by atomic mass is 10.1. The van der Waals surface area contributed by atoms with Crippen LogP contribution in [0.3, 0.4) is 0 Å². The van der Waals surface area contributed by atoms with Gasteiger partial charge in [-0.25, -0.2) is 4.68 Å². The van der Waals surface area contributed by atoms with E-state index in [1.807, 2.05) is 44.3 Å². The van der Waals surface area contributed by atoms with Crippen LogP contribution in [0, 0.1) is 6.92 Å². The van der Waals surface area contributed by atoms with Crippen LogP contribution in [0.5, 0.6) is 0 Å². The van der Waals surface area contributed by atoms with Gasteiger partial charge in [-0.1, -0.05) is 29.8 Å². The summed E-state index contributed by atoms with van der Waals surface area (Å²) in [6.45, 7) is 1.88. The first-order valence-electron chi connectivity index (χ1n) is 7.85. The van der Waals surface area contributed by atoms with Crippen molar-refractivity contribution >= 4 is 23.1 Å². The Hall–Kier alpha value is -2.79. The molecule has 0 atom stereocenters. The zero-order valence-electron chi connectivity index (χ0n) is 14.0. The number of nitrogens with zero attached hydrogens (tertiary/aromatic N) is 2. The molecule has 0 saturated carbocycles. The lowest BCUT2D eigenvalue weighted by Crippen LogP contribution is -2.22. The quantitative estimate of drug-likeness (QED) is 0.713. The molecule has 1 heterocycles. The zero-order valence-corrected chi connectivity index (χ0v) is 14.7. The number of nitrogens with one attached hydrogen (secondary N) is 1. The predicted molar refractivity (Wildman–Crippen MR) is 100 cm³/mol. The number of hydrogen-bond acceptors (Lipinski definition) is 3. The fourth-order valence-electron chi connectivity index (χ4n) is 2.68. The number of benzene rings is 2. The van der Waals surface area contributed by atoms with Crippen molar-refractivity contribution in [2.24, 2.45) is 7.05 Å². The maximum Gasteiger partial charge on any atom is 0.295 e. The SMILES string of the molecule is Cc1c(NCC(=O)c2ccc(Cl)cc2)c(=O)n(-c2ccccc2)n1C. The van der Waals surface area contributed by atoms with E-state index in [-0.39, 0.29) is 17.9 Å². The summed E-state index contributed by atoms with van der Waals surface area (Å²) in [6, 6.07) is 16.1. The summed E-state index contributed by atoms with van der Waals surface area (Å²) in [5, 5.41) is 3.57. The van der Waals surface area contributed by atoms with Crippen molar-refractivity contribution in [1.29, 1.82) is 0 Å². The minimum Gasteiger partial charge on any atom is -0.372 e. The van der Waals surface area contributed by atoms with Crippen LogP contribution in [0.15, 0.2) is 59.4 Å². The first-order valence-corrected chi connectivity index (χ1v) is 8.23. The van der Waals surface area contributed by atoms with Gasteiger partial charge in [0.1, 0.15) is 5.69 Å². The number of Topliss-reactive ketones (excluding diaryl/α,β-unsaturated/α-hetero) is 1. The van der Waals surface area contributed by atoms with E-state index in [2.05, 4.69) is 5.32 Å². The smallest absolute Gasteiger partial charge is 0.295 e. The third-order valence-electron chi connectivity index (χ3n) is 4.15. The molecule has 1 N–H and O–H groups in total. The van der Waals surface area contributed by atoms with Crippen LogP contribution >= 0.6 is 11.6 Å². The number of ketones is 1. The van der Waals surface area contributed by atoms with Gasteiger partial charge in [0, 0.05) is 17.6 Å². The van der Waals surface area contributed by atoms with E-state index < -0.39 is 0 Å². The van der Waals surface area contributed by atoms with Gasteiger partial charge in [-0.15, -0.1) is 0 Å². The number of rotatable bonds is 5. The molecule has 3 rings (SSSR count). The van der Waals surface area contributed by atoms with E-state index in [1.54, 1.807) is 33.6 Å². The third-order valence-corrected chi connectivity index (χ3v) is 4.40. The van der Waals surface area contributed by atoms with Crippen molar-refractivity contribution in [2.45, 2.75) is 6.92 Å². The molecule has 5 nitrogen and oxygen atoms in total. The molecule has 0 unspecified atom stereocenters. The van der Waals surface area contributed by atoms with Crippen molar-refractivity contribution < 1.29 is 4.79 Å². The van der Waals surface area contributed by atoms with Gasteiger partial charge in [0.2, 0.25) is 0 Å². The highest BCUT2D eigenvalue weighted by Crippen LogP contribution is 2.14. The van der Waals surface area contributed by atoms with Crippen LogP contribution < -0.4 is 10.9 Å². The van der Waals surface area contributed by atoms with E-state index in [0.717, 1.165) is 11.4 Å². The average Bonchev–Trinajstić information content (AvgIpc) is 2.83. The van der Waals surface area contributed by atoms with E-state index in [0.29, 0.717) is 16.3 Å².